The molecule has 0 aromatic heterocycles. The summed E-state index contributed by atoms with van der Waals surface area (Å²) in [6.45, 7) is 2.42. The molecule has 3 aromatic rings. The van der Waals surface area contributed by atoms with Gasteiger partial charge in [0.1, 0.15) is 5.75 Å². The number of rotatable bonds is 3. The van der Waals surface area contributed by atoms with Crippen molar-refractivity contribution in [3.05, 3.63) is 83.9 Å². The van der Waals surface area contributed by atoms with Gasteiger partial charge in [-0.1, -0.05) is 48.0 Å². The average Bonchev–Trinajstić information content (AvgIpc) is 2.82. The Kier molecular flexibility index (Phi) is 5.13. The van der Waals surface area contributed by atoms with Gasteiger partial charge in [-0.2, -0.15) is 0 Å². The van der Waals surface area contributed by atoms with E-state index >= 15 is 0 Å². The molecule has 0 fully saturated rings. The van der Waals surface area contributed by atoms with Gasteiger partial charge in [-0.3, -0.25) is 9.10 Å². The molecule has 0 radical (unpaired) electrons. The van der Waals surface area contributed by atoms with Crippen LogP contribution in [-0.2, 0) is 21.2 Å². The fraction of sp³-hybridized carbons (Fsp3) is 0.240. The molecule has 1 amide bonds. The Labute approximate surface area is 188 Å². The lowest BCUT2D eigenvalue weighted by atomic mass is 10.0. The molecule has 32 heavy (non-hydrogen) atoms. The van der Waals surface area contributed by atoms with Crippen LogP contribution in [0.5, 0.6) is 5.75 Å². The van der Waals surface area contributed by atoms with E-state index in [1.165, 1.54) is 4.31 Å². The number of amides is 1. The highest BCUT2D eigenvalue weighted by molar-refractivity contribution is 7.92. The molecule has 0 saturated heterocycles. The number of para-hydroxylation sites is 3. The third-order valence-electron chi connectivity index (χ3n) is 6.00. The number of anilines is 2. The van der Waals surface area contributed by atoms with E-state index < -0.39 is 16.1 Å². The first kappa shape index (κ1) is 20.6. The number of hydrogen-bond donors (Lipinski definition) is 0. The van der Waals surface area contributed by atoms with Gasteiger partial charge >= 0.3 is 0 Å². The lowest BCUT2D eigenvalue weighted by molar-refractivity contribution is -0.125. The first-order valence-electron chi connectivity index (χ1n) is 10.7. The van der Waals surface area contributed by atoms with E-state index in [2.05, 4.69) is 0 Å². The number of benzene rings is 3. The van der Waals surface area contributed by atoms with Crippen molar-refractivity contribution >= 4 is 27.3 Å². The molecule has 0 unspecified atom stereocenters. The van der Waals surface area contributed by atoms with Crippen molar-refractivity contribution in [3.8, 4) is 5.75 Å². The maximum atomic E-state index is 13.6. The van der Waals surface area contributed by atoms with E-state index in [1.807, 2.05) is 31.2 Å². The predicted octanol–water partition coefficient (Wildman–Crippen LogP) is 3.93. The zero-order chi connectivity index (χ0) is 22.3. The summed E-state index contributed by atoms with van der Waals surface area (Å²) < 4.78 is 34.4. The molecule has 5 rings (SSSR count). The number of ether oxygens (including phenoxy) is 1. The third kappa shape index (κ3) is 3.52. The van der Waals surface area contributed by atoms with Crippen LogP contribution in [-0.4, -0.2) is 33.5 Å². The minimum atomic E-state index is -3.87. The van der Waals surface area contributed by atoms with Crippen molar-refractivity contribution < 1.29 is 17.9 Å². The van der Waals surface area contributed by atoms with Crippen molar-refractivity contribution in [2.75, 3.05) is 22.3 Å². The minimum absolute atomic E-state index is 0.0786. The van der Waals surface area contributed by atoms with Crippen molar-refractivity contribution in [1.29, 1.82) is 0 Å². The fourth-order valence-corrected chi connectivity index (χ4v) is 5.81. The van der Waals surface area contributed by atoms with E-state index in [4.69, 9.17) is 4.74 Å². The van der Waals surface area contributed by atoms with Crippen molar-refractivity contribution in [2.45, 2.75) is 30.8 Å². The molecule has 6 nitrogen and oxygen atoms in total. The number of hydrogen-bond acceptors (Lipinski definition) is 4. The zero-order valence-electron chi connectivity index (χ0n) is 17.8. The Morgan fingerprint density at radius 3 is 2.41 bits per heavy atom. The van der Waals surface area contributed by atoms with Gasteiger partial charge < -0.3 is 9.64 Å². The summed E-state index contributed by atoms with van der Waals surface area (Å²) >= 11 is 0. The quantitative estimate of drug-likeness (QED) is 0.609. The number of fused-ring (bicyclic) bond motifs is 2. The molecule has 3 aromatic carbocycles. The third-order valence-corrected chi connectivity index (χ3v) is 7.79. The van der Waals surface area contributed by atoms with Gasteiger partial charge in [-0.15, -0.1) is 0 Å². The monoisotopic (exact) mass is 448 g/mol. The number of aryl methyl sites for hydroxylation is 2. The van der Waals surface area contributed by atoms with E-state index in [0.717, 1.165) is 29.7 Å². The molecule has 0 spiro atoms. The van der Waals surface area contributed by atoms with Crippen LogP contribution in [0.3, 0.4) is 0 Å². The first-order valence-corrected chi connectivity index (χ1v) is 12.1. The Morgan fingerprint density at radius 1 is 0.938 bits per heavy atom. The fourth-order valence-electron chi connectivity index (χ4n) is 4.33. The number of carbonyl (C=O) groups is 1. The van der Waals surface area contributed by atoms with Gasteiger partial charge in [0.25, 0.3) is 15.9 Å². The van der Waals surface area contributed by atoms with Crippen molar-refractivity contribution in [3.63, 3.8) is 0 Å². The Morgan fingerprint density at radius 2 is 1.62 bits per heavy atom. The number of nitrogens with zero attached hydrogens (tertiary/aromatic N) is 2. The second kappa shape index (κ2) is 7.98. The molecule has 0 N–H and O–H groups in total. The number of carbonyl (C=O) groups excluding carboxylic acids is 1. The molecule has 0 saturated carbocycles. The summed E-state index contributed by atoms with van der Waals surface area (Å²) in [6, 6.07) is 21.5. The second-order valence-electron chi connectivity index (χ2n) is 8.15. The van der Waals surface area contributed by atoms with Gasteiger partial charge in [0.05, 0.1) is 17.1 Å². The molecule has 0 aliphatic carbocycles. The van der Waals surface area contributed by atoms with Crippen LogP contribution in [0.2, 0.25) is 0 Å². The van der Waals surface area contributed by atoms with E-state index in [9.17, 15) is 13.2 Å². The van der Waals surface area contributed by atoms with Crippen molar-refractivity contribution in [1.82, 2.24) is 0 Å². The highest BCUT2D eigenvalue weighted by Crippen LogP contribution is 2.38. The second-order valence-corrected chi connectivity index (χ2v) is 10.0. The summed E-state index contributed by atoms with van der Waals surface area (Å²) in [5, 5.41) is 0. The smallest absolute Gasteiger partial charge is 0.269 e. The molecule has 1 atom stereocenters. The molecule has 2 heterocycles. The molecule has 164 valence electrons. The van der Waals surface area contributed by atoms with Crippen LogP contribution in [0, 0.1) is 6.92 Å². The van der Waals surface area contributed by atoms with Crippen LogP contribution in [0.4, 0.5) is 11.4 Å². The summed E-state index contributed by atoms with van der Waals surface area (Å²) in [7, 11) is -3.87. The van der Waals surface area contributed by atoms with E-state index in [1.54, 1.807) is 53.4 Å². The normalized spacial score (nSPS) is 17.8. The topological polar surface area (TPSA) is 66.9 Å². The molecule has 7 heteroatoms. The van der Waals surface area contributed by atoms with Gasteiger partial charge in [0, 0.05) is 12.2 Å². The summed E-state index contributed by atoms with van der Waals surface area (Å²) in [5.74, 6) is 0.161. The van der Waals surface area contributed by atoms with Crippen molar-refractivity contribution in [2.24, 2.45) is 0 Å². The summed E-state index contributed by atoms with van der Waals surface area (Å²) in [6.07, 6.45) is 0.843. The van der Waals surface area contributed by atoms with Crippen LogP contribution in [0.1, 0.15) is 17.5 Å². The molecular weight excluding hydrogens is 424 g/mol. The summed E-state index contributed by atoms with van der Waals surface area (Å²) in [5.41, 5.74) is 3.41. The largest absolute Gasteiger partial charge is 0.476 e. The van der Waals surface area contributed by atoms with Crippen LogP contribution in [0.25, 0.3) is 0 Å². The van der Waals surface area contributed by atoms with Crippen LogP contribution >= 0.6 is 0 Å². The zero-order valence-corrected chi connectivity index (χ0v) is 18.6. The predicted molar refractivity (Wildman–Crippen MR) is 124 cm³/mol. The first-order chi connectivity index (χ1) is 15.4. The Balaban J connectivity index is 1.52. The van der Waals surface area contributed by atoms with Gasteiger partial charge in [-0.25, -0.2) is 8.42 Å². The SMILES string of the molecule is Cc1ccc(S(=O)(=O)N2C[C@H](C(=O)N3CCCc4ccccc43)Oc3ccccc32)cc1. The lowest BCUT2D eigenvalue weighted by Crippen LogP contribution is -2.52. The highest BCUT2D eigenvalue weighted by Gasteiger charge is 2.40. The lowest BCUT2D eigenvalue weighted by Gasteiger charge is -2.38. The number of sulfonamides is 1. The van der Waals surface area contributed by atoms with Gasteiger partial charge in [0.15, 0.2) is 6.10 Å². The van der Waals surface area contributed by atoms with Crippen LogP contribution in [0.15, 0.2) is 77.7 Å². The Bertz CT molecular complexity index is 1270. The molecule has 0 bridgehead atoms. The molecule has 2 aliphatic heterocycles. The van der Waals surface area contributed by atoms with E-state index in [0.29, 0.717) is 18.0 Å². The maximum Gasteiger partial charge on any atom is 0.269 e. The Hall–Kier alpha value is -3.32. The van der Waals surface area contributed by atoms with Gasteiger partial charge in [-0.05, 0) is 55.7 Å². The molecular formula is C25H24N2O4S. The summed E-state index contributed by atoms with van der Waals surface area (Å²) in [4.78, 5) is 15.5. The average molecular weight is 449 g/mol. The van der Waals surface area contributed by atoms with Gasteiger partial charge in [0.2, 0.25) is 0 Å². The van der Waals surface area contributed by atoms with E-state index in [-0.39, 0.29) is 17.3 Å². The minimum Gasteiger partial charge on any atom is -0.476 e. The standard InChI is InChI=1S/C25H24N2O4S/c1-18-12-14-20(15-13-18)32(29,30)27-17-24(31-23-11-5-4-10-22(23)27)25(28)26-16-6-8-19-7-2-3-9-21(19)26/h2-5,7,9-15,24H,6,8,16-17H2,1H3/t24-/m1/s1. The molecule has 2 aliphatic rings. The highest BCUT2D eigenvalue weighted by atomic mass is 32.2. The van der Waals surface area contributed by atoms with Crippen LogP contribution < -0.4 is 13.9 Å². The maximum absolute atomic E-state index is 13.6.